The number of carbonyl (C=O) groups is 2. The molecule has 0 fully saturated rings. The van der Waals surface area contributed by atoms with Crippen LogP contribution in [0, 0.1) is 0 Å². The number of anilines is 2. The minimum Gasteiger partial charge on any atom is -0.452 e. The molecular weight excluding hydrogens is 432 g/mol. The summed E-state index contributed by atoms with van der Waals surface area (Å²) in [6, 6.07) is 10.8. The van der Waals surface area contributed by atoms with Gasteiger partial charge in [0, 0.05) is 24.4 Å². The van der Waals surface area contributed by atoms with E-state index < -0.39 is 39.0 Å². The number of rotatable bonds is 7. The molecule has 0 radical (unpaired) electrons. The van der Waals surface area contributed by atoms with Gasteiger partial charge in [-0.25, -0.2) is 13.2 Å². The van der Waals surface area contributed by atoms with Gasteiger partial charge in [0.05, 0.1) is 16.1 Å². The zero-order chi connectivity index (χ0) is 22.6. The zero-order valence-corrected chi connectivity index (χ0v) is 17.2. The van der Waals surface area contributed by atoms with E-state index in [1.165, 1.54) is 0 Å². The third-order valence-electron chi connectivity index (χ3n) is 4.41. The first-order valence-electron chi connectivity index (χ1n) is 9.17. The molecule has 31 heavy (non-hydrogen) atoms. The number of benzene rings is 2. The molecular formula is C20H19F2N3O5S. The van der Waals surface area contributed by atoms with E-state index in [4.69, 9.17) is 4.74 Å². The van der Waals surface area contributed by atoms with Gasteiger partial charge >= 0.3 is 11.7 Å². The fraction of sp³-hybridized carbons (Fsp3) is 0.250. The third kappa shape index (κ3) is 5.43. The van der Waals surface area contributed by atoms with Gasteiger partial charge in [-0.3, -0.25) is 9.80 Å². The van der Waals surface area contributed by atoms with E-state index in [-0.39, 0.29) is 11.3 Å². The Morgan fingerprint density at radius 1 is 1.13 bits per heavy atom. The molecule has 2 aromatic rings. The van der Waals surface area contributed by atoms with Crippen molar-refractivity contribution in [1.29, 1.82) is 0 Å². The maximum absolute atomic E-state index is 12.5. The molecule has 0 atom stereocenters. The van der Waals surface area contributed by atoms with Crippen LogP contribution in [0.5, 0.6) is 0 Å². The first kappa shape index (κ1) is 22.3. The number of alkyl halides is 2. The van der Waals surface area contributed by atoms with Crippen LogP contribution in [0.25, 0.3) is 0 Å². The molecule has 0 aliphatic carbocycles. The predicted molar refractivity (Wildman–Crippen MR) is 110 cm³/mol. The summed E-state index contributed by atoms with van der Waals surface area (Å²) in [5.41, 5.74) is 2.29. The van der Waals surface area contributed by atoms with Crippen LogP contribution in [0.1, 0.15) is 23.7 Å². The highest BCUT2D eigenvalue weighted by atomic mass is 32.2. The SMILES string of the molecule is CC1=NN(c2ccc(C(=O)OCC(=O)Nc3ccc(S(=O)(=O)C(F)F)cc3)cc2)CC1. The second kappa shape index (κ2) is 9.21. The highest BCUT2D eigenvalue weighted by molar-refractivity contribution is 7.91. The van der Waals surface area contributed by atoms with Gasteiger partial charge in [-0.1, -0.05) is 0 Å². The standard InChI is InChI=1S/C20H19F2N3O5S/c1-13-10-11-25(24-13)16-6-2-14(3-7-16)19(27)30-12-18(26)23-15-4-8-17(9-5-15)31(28,29)20(21)22/h2-9,20H,10-12H2,1H3,(H,23,26). The molecule has 164 valence electrons. The summed E-state index contributed by atoms with van der Waals surface area (Å²) < 4.78 is 52.8. The third-order valence-corrected chi connectivity index (χ3v) is 5.81. The molecule has 3 rings (SSSR count). The number of carbonyl (C=O) groups excluding carboxylic acids is 2. The van der Waals surface area contributed by atoms with Crippen molar-refractivity contribution in [3.05, 3.63) is 54.1 Å². The second-order valence-electron chi connectivity index (χ2n) is 6.71. The number of amides is 1. The first-order chi connectivity index (χ1) is 14.7. The van der Waals surface area contributed by atoms with Gasteiger partial charge in [-0.15, -0.1) is 0 Å². The van der Waals surface area contributed by atoms with Crippen LogP contribution < -0.4 is 10.3 Å². The molecule has 0 saturated heterocycles. The molecule has 11 heteroatoms. The van der Waals surface area contributed by atoms with Gasteiger partial charge in [0.2, 0.25) is 9.84 Å². The minimum absolute atomic E-state index is 0.167. The molecule has 1 aliphatic heterocycles. The molecule has 1 aliphatic rings. The molecule has 1 heterocycles. The Morgan fingerprint density at radius 2 is 1.77 bits per heavy atom. The van der Waals surface area contributed by atoms with Crippen molar-refractivity contribution in [2.75, 3.05) is 23.5 Å². The summed E-state index contributed by atoms with van der Waals surface area (Å²) in [5, 5.41) is 8.59. The van der Waals surface area contributed by atoms with Crippen molar-refractivity contribution >= 4 is 38.8 Å². The van der Waals surface area contributed by atoms with Crippen molar-refractivity contribution in [2.24, 2.45) is 5.10 Å². The van der Waals surface area contributed by atoms with E-state index in [0.29, 0.717) is 0 Å². The minimum atomic E-state index is -4.71. The number of nitrogens with one attached hydrogen (secondary N) is 1. The number of nitrogens with zero attached hydrogens (tertiary/aromatic N) is 2. The number of hydrazone groups is 1. The van der Waals surface area contributed by atoms with Gasteiger partial charge in [-0.2, -0.15) is 13.9 Å². The number of esters is 1. The van der Waals surface area contributed by atoms with Gasteiger partial charge in [0.25, 0.3) is 5.91 Å². The van der Waals surface area contributed by atoms with Gasteiger partial charge in [-0.05, 0) is 55.5 Å². The number of hydrogen-bond acceptors (Lipinski definition) is 7. The van der Waals surface area contributed by atoms with Crippen LogP contribution in [-0.2, 0) is 19.4 Å². The smallest absolute Gasteiger partial charge is 0.341 e. The lowest BCUT2D eigenvalue weighted by atomic mass is 10.2. The number of hydrogen-bond donors (Lipinski definition) is 1. The molecule has 0 bridgehead atoms. The summed E-state index contributed by atoms with van der Waals surface area (Å²) in [5.74, 6) is -4.90. The van der Waals surface area contributed by atoms with Crippen molar-refractivity contribution < 1.29 is 31.5 Å². The zero-order valence-electron chi connectivity index (χ0n) is 16.4. The lowest BCUT2D eigenvalue weighted by Gasteiger charge is -2.13. The topological polar surface area (TPSA) is 105 Å². The molecule has 2 aromatic carbocycles. The van der Waals surface area contributed by atoms with Crippen LogP contribution in [-0.4, -0.2) is 44.9 Å². The van der Waals surface area contributed by atoms with E-state index >= 15 is 0 Å². The van der Waals surface area contributed by atoms with E-state index in [9.17, 15) is 26.8 Å². The molecule has 0 saturated carbocycles. The Balaban J connectivity index is 1.52. The van der Waals surface area contributed by atoms with E-state index in [1.807, 2.05) is 11.9 Å². The lowest BCUT2D eigenvalue weighted by molar-refractivity contribution is -0.119. The Bertz CT molecular complexity index is 1100. The Labute approximate surface area is 177 Å². The largest absolute Gasteiger partial charge is 0.452 e. The van der Waals surface area contributed by atoms with Crippen molar-refractivity contribution in [3.8, 4) is 0 Å². The van der Waals surface area contributed by atoms with E-state index in [1.54, 1.807) is 24.3 Å². The van der Waals surface area contributed by atoms with Gasteiger partial charge < -0.3 is 10.1 Å². The summed E-state index contributed by atoms with van der Waals surface area (Å²) in [7, 11) is -4.71. The van der Waals surface area contributed by atoms with Crippen molar-refractivity contribution in [1.82, 2.24) is 0 Å². The number of ether oxygens (including phenoxy) is 1. The highest BCUT2D eigenvalue weighted by Gasteiger charge is 2.26. The van der Waals surface area contributed by atoms with Crippen molar-refractivity contribution in [2.45, 2.75) is 24.0 Å². The van der Waals surface area contributed by atoms with Crippen LogP contribution >= 0.6 is 0 Å². The molecule has 8 nitrogen and oxygen atoms in total. The van der Waals surface area contributed by atoms with Crippen molar-refractivity contribution in [3.63, 3.8) is 0 Å². The molecule has 0 unspecified atom stereocenters. The number of sulfone groups is 1. The summed E-state index contributed by atoms with van der Waals surface area (Å²) in [4.78, 5) is 23.5. The first-order valence-corrected chi connectivity index (χ1v) is 10.7. The monoisotopic (exact) mass is 451 g/mol. The Morgan fingerprint density at radius 3 is 2.32 bits per heavy atom. The maximum atomic E-state index is 12.5. The molecule has 0 aromatic heterocycles. The molecule has 0 spiro atoms. The normalized spacial score (nSPS) is 13.8. The fourth-order valence-electron chi connectivity index (χ4n) is 2.77. The second-order valence-corrected chi connectivity index (χ2v) is 8.63. The maximum Gasteiger partial charge on any atom is 0.341 e. The average molecular weight is 451 g/mol. The fourth-order valence-corrected chi connectivity index (χ4v) is 3.49. The summed E-state index contributed by atoms with van der Waals surface area (Å²) in [6.45, 7) is 2.13. The lowest BCUT2D eigenvalue weighted by Crippen LogP contribution is -2.21. The predicted octanol–water partition coefficient (Wildman–Crippen LogP) is 3.06. The van der Waals surface area contributed by atoms with Gasteiger partial charge in [0.1, 0.15) is 0 Å². The van der Waals surface area contributed by atoms with Gasteiger partial charge in [0.15, 0.2) is 6.61 Å². The quantitative estimate of drug-likeness (QED) is 0.649. The Kier molecular flexibility index (Phi) is 6.64. The van der Waals surface area contributed by atoms with E-state index in [2.05, 4.69) is 10.4 Å². The summed E-state index contributed by atoms with van der Waals surface area (Å²) >= 11 is 0. The Hall–Kier alpha value is -3.34. The summed E-state index contributed by atoms with van der Waals surface area (Å²) in [6.07, 6.45) is 0.879. The van der Waals surface area contributed by atoms with Crippen LogP contribution in [0.15, 0.2) is 58.5 Å². The van der Waals surface area contributed by atoms with Crippen LogP contribution in [0.3, 0.4) is 0 Å². The van der Waals surface area contributed by atoms with Crippen LogP contribution in [0.4, 0.5) is 20.2 Å². The van der Waals surface area contributed by atoms with Crippen LogP contribution in [0.2, 0.25) is 0 Å². The van der Waals surface area contributed by atoms with E-state index in [0.717, 1.165) is 48.6 Å². The molecule has 1 amide bonds. The average Bonchev–Trinajstić information content (AvgIpc) is 3.18. The molecule has 1 N–H and O–H groups in total. The highest BCUT2D eigenvalue weighted by Crippen LogP contribution is 2.21. The number of halogens is 2.